The summed E-state index contributed by atoms with van der Waals surface area (Å²) in [5.41, 5.74) is 5.17. The first-order valence-electron chi connectivity index (χ1n) is 13.4. The number of ether oxygens (including phenoxy) is 2. The predicted octanol–water partition coefficient (Wildman–Crippen LogP) is 7.01. The molecule has 1 aliphatic carbocycles. The number of halogens is 1. The Labute approximate surface area is 238 Å². The summed E-state index contributed by atoms with van der Waals surface area (Å²) in [6, 6.07) is 27.3. The number of hydrogen-bond acceptors (Lipinski definition) is 5. The highest BCUT2D eigenvalue weighted by Crippen LogP contribution is 2.48. The normalized spacial score (nSPS) is 12.2. The van der Waals surface area contributed by atoms with E-state index in [4.69, 9.17) is 26.2 Å². The first kappa shape index (κ1) is 26.1. The first-order chi connectivity index (χ1) is 19.5. The van der Waals surface area contributed by atoms with Gasteiger partial charge in [-0.3, -0.25) is 9.48 Å². The van der Waals surface area contributed by atoms with Crippen molar-refractivity contribution in [3.05, 3.63) is 112 Å². The number of hydrogen-bond donors (Lipinski definition) is 0. The van der Waals surface area contributed by atoms with Crippen LogP contribution in [0.5, 0.6) is 11.5 Å². The summed E-state index contributed by atoms with van der Waals surface area (Å²) in [5.74, 6) is 0.890. The minimum Gasteiger partial charge on any atom is -0.488 e. The molecule has 4 aromatic carbocycles. The second-order valence-corrected chi connectivity index (χ2v) is 10.6. The molecular formula is C33H30ClN3O3. The fourth-order valence-corrected chi connectivity index (χ4v) is 5.45. The molecule has 6 nitrogen and oxygen atoms in total. The van der Waals surface area contributed by atoms with Crippen molar-refractivity contribution in [2.45, 2.75) is 26.2 Å². The van der Waals surface area contributed by atoms with Crippen LogP contribution in [0.1, 0.15) is 33.5 Å². The monoisotopic (exact) mass is 551 g/mol. The molecular weight excluding hydrogens is 522 g/mol. The second kappa shape index (κ2) is 11.2. The van der Waals surface area contributed by atoms with Crippen LogP contribution in [0, 0.1) is 0 Å². The standard InChI is InChI=1S/C33H30ClN3O3/c1-36(2)18-9-19-37-25-15-14-24(34)28-29(25)32(35-37)30-26(39-20-22-10-5-3-6-11-22)16-17-27(31(30)33(28)38)40-21-23-12-7-4-8-13-23/h3-8,10-17H,9,18-21H2,1-2H3. The summed E-state index contributed by atoms with van der Waals surface area (Å²) < 4.78 is 14.6. The van der Waals surface area contributed by atoms with E-state index in [-0.39, 0.29) is 5.78 Å². The summed E-state index contributed by atoms with van der Waals surface area (Å²) in [7, 11) is 4.11. The third-order valence-electron chi connectivity index (χ3n) is 7.14. The molecule has 0 N–H and O–H groups in total. The zero-order valence-electron chi connectivity index (χ0n) is 22.6. The maximum Gasteiger partial charge on any atom is 0.199 e. The highest BCUT2D eigenvalue weighted by atomic mass is 35.5. The molecule has 7 heteroatoms. The molecule has 0 saturated heterocycles. The van der Waals surface area contributed by atoms with Gasteiger partial charge in [-0.25, -0.2) is 0 Å². The van der Waals surface area contributed by atoms with E-state index in [0.717, 1.165) is 35.0 Å². The lowest BCUT2D eigenvalue weighted by Gasteiger charge is -2.22. The summed E-state index contributed by atoms with van der Waals surface area (Å²) in [4.78, 5) is 16.4. The van der Waals surface area contributed by atoms with Gasteiger partial charge in [0, 0.05) is 11.9 Å². The summed E-state index contributed by atoms with van der Waals surface area (Å²) in [5, 5.41) is 6.23. The highest BCUT2D eigenvalue weighted by Gasteiger charge is 2.35. The maximum absolute atomic E-state index is 14.2. The van der Waals surface area contributed by atoms with Gasteiger partial charge in [-0.2, -0.15) is 5.10 Å². The minimum absolute atomic E-state index is 0.181. The molecule has 0 bridgehead atoms. The van der Waals surface area contributed by atoms with Gasteiger partial charge in [0.2, 0.25) is 0 Å². The van der Waals surface area contributed by atoms with Crippen LogP contribution >= 0.6 is 11.6 Å². The van der Waals surface area contributed by atoms with Crippen LogP contribution in [-0.4, -0.2) is 41.1 Å². The molecule has 0 atom stereocenters. The Morgan fingerprint density at radius 1 is 0.775 bits per heavy atom. The zero-order chi connectivity index (χ0) is 27.6. The number of rotatable bonds is 10. The highest BCUT2D eigenvalue weighted by molar-refractivity contribution is 6.39. The van der Waals surface area contributed by atoms with Crippen molar-refractivity contribution in [2.24, 2.45) is 0 Å². The van der Waals surface area contributed by atoms with Gasteiger partial charge in [0.05, 0.1) is 27.2 Å². The second-order valence-electron chi connectivity index (χ2n) is 10.2. The van der Waals surface area contributed by atoms with E-state index in [1.807, 2.05) is 83.5 Å². The van der Waals surface area contributed by atoms with Crippen molar-refractivity contribution in [1.82, 2.24) is 14.7 Å². The Bertz CT molecular complexity index is 1680. The van der Waals surface area contributed by atoms with E-state index in [9.17, 15) is 4.79 Å². The van der Waals surface area contributed by atoms with Gasteiger partial charge in [0.25, 0.3) is 0 Å². The SMILES string of the molecule is CN(C)CCCn1nc2c3c(c(Cl)ccc31)C(=O)c1c(OCc3ccccc3)ccc(OCc3ccccc3)c1-2. The number of carbonyl (C=O) groups is 1. The van der Waals surface area contributed by atoms with E-state index in [0.29, 0.717) is 58.7 Å². The molecule has 0 saturated carbocycles. The van der Waals surface area contributed by atoms with Crippen LogP contribution in [0.3, 0.4) is 0 Å². The van der Waals surface area contributed by atoms with E-state index < -0.39 is 0 Å². The van der Waals surface area contributed by atoms with Gasteiger partial charge in [0.15, 0.2) is 5.78 Å². The summed E-state index contributed by atoms with van der Waals surface area (Å²) in [6.45, 7) is 2.33. The lowest BCUT2D eigenvalue weighted by atomic mass is 9.86. The zero-order valence-corrected chi connectivity index (χ0v) is 23.3. The van der Waals surface area contributed by atoms with E-state index in [1.165, 1.54) is 0 Å². The van der Waals surface area contributed by atoms with E-state index in [2.05, 4.69) is 19.0 Å². The smallest absolute Gasteiger partial charge is 0.199 e. The molecule has 6 rings (SSSR count). The molecule has 1 aromatic heterocycles. The van der Waals surface area contributed by atoms with Crippen LogP contribution < -0.4 is 9.47 Å². The molecule has 1 heterocycles. The van der Waals surface area contributed by atoms with Crippen LogP contribution in [0.4, 0.5) is 0 Å². The molecule has 0 aliphatic heterocycles. The molecule has 0 spiro atoms. The van der Waals surface area contributed by atoms with Gasteiger partial charge in [-0.05, 0) is 62.5 Å². The quantitative estimate of drug-likeness (QED) is 0.183. The van der Waals surface area contributed by atoms with Crippen LogP contribution in [-0.2, 0) is 19.8 Å². The van der Waals surface area contributed by atoms with Crippen molar-refractivity contribution in [2.75, 3.05) is 20.6 Å². The van der Waals surface area contributed by atoms with Crippen LogP contribution in [0.2, 0.25) is 5.02 Å². The number of carbonyl (C=O) groups excluding carboxylic acids is 1. The first-order valence-corrected chi connectivity index (χ1v) is 13.8. The van der Waals surface area contributed by atoms with Crippen molar-refractivity contribution in [1.29, 1.82) is 0 Å². The maximum atomic E-state index is 14.2. The van der Waals surface area contributed by atoms with Crippen molar-refractivity contribution < 1.29 is 14.3 Å². The van der Waals surface area contributed by atoms with Crippen molar-refractivity contribution in [3.8, 4) is 22.8 Å². The molecule has 1 aliphatic rings. The van der Waals surface area contributed by atoms with E-state index >= 15 is 0 Å². The Morgan fingerprint density at radius 3 is 1.98 bits per heavy atom. The largest absolute Gasteiger partial charge is 0.488 e. The Morgan fingerprint density at radius 2 is 1.38 bits per heavy atom. The van der Waals surface area contributed by atoms with Crippen LogP contribution in [0.15, 0.2) is 84.9 Å². The number of aromatic nitrogens is 2. The average molecular weight is 552 g/mol. The van der Waals surface area contributed by atoms with Gasteiger partial charge in [-0.15, -0.1) is 0 Å². The molecule has 0 fully saturated rings. The molecule has 5 aromatic rings. The predicted molar refractivity (Wildman–Crippen MR) is 158 cm³/mol. The fraction of sp³-hybridized carbons (Fsp3) is 0.212. The van der Waals surface area contributed by atoms with Crippen molar-refractivity contribution >= 4 is 28.3 Å². The molecule has 0 radical (unpaired) electrons. The number of aryl methyl sites for hydroxylation is 1. The Hall–Kier alpha value is -4.13. The number of fused-ring (bicyclic) bond motifs is 2. The molecule has 202 valence electrons. The van der Waals surface area contributed by atoms with Gasteiger partial charge < -0.3 is 14.4 Å². The Kier molecular flexibility index (Phi) is 7.29. The molecule has 0 amide bonds. The molecule has 40 heavy (non-hydrogen) atoms. The topological polar surface area (TPSA) is 56.6 Å². The van der Waals surface area contributed by atoms with Crippen LogP contribution in [0.25, 0.3) is 22.2 Å². The lowest BCUT2D eigenvalue weighted by Crippen LogP contribution is -2.15. The lowest BCUT2D eigenvalue weighted by molar-refractivity contribution is 0.103. The average Bonchev–Trinajstić information content (AvgIpc) is 3.33. The third-order valence-corrected chi connectivity index (χ3v) is 7.45. The summed E-state index contributed by atoms with van der Waals surface area (Å²) >= 11 is 6.70. The number of ketones is 1. The molecule has 0 unspecified atom stereocenters. The third kappa shape index (κ3) is 4.96. The summed E-state index contributed by atoms with van der Waals surface area (Å²) in [6.07, 6.45) is 0.916. The van der Waals surface area contributed by atoms with Gasteiger partial charge >= 0.3 is 0 Å². The fourth-order valence-electron chi connectivity index (χ4n) is 5.21. The van der Waals surface area contributed by atoms with Gasteiger partial charge in [-0.1, -0.05) is 72.3 Å². The Balaban J connectivity index is 1.48. The minimum atomic E-state index is -0.181. The number of nitrogens with zero attached hydrogens (tertiary/aromatic N) is 3. The van der Waals surface area contributed by atoms with Gasteiger partial charge in [0.1, 0.15) is 30.4 Å². The number of benzene rings is 4. The van der Waals surface area contributed by atoms with Crippen molar-refractivity contribution in [3.63, 3.8) is 0 Å². The van der Waals surface area contributed by atoms with E-state index in [1.54, 1.807) is 6.07 Å².